The average molecular weight is 348 g/mol. The minimum absolute atomic E-state index is 0.0143. The lowest BCUT2D eigenvalue weighted by atomic mass is 10.2. The van der Waals surface area contributed by atoms with E-state index in [9.17, 15) is 4.79 Å². The third-order valence-electron chi connectivity index (χ3n) is 3.07. The van der Waals surface area contributed by atoms with Crippen LogP contribution in [0, 0.1) is 0 Å². The van der Waals surface area contributed by atoms with Crippen LogP contribution in [0.3, 0.4) is 0 Å². The quantitative estimate of drug-likeness (QED) is 0.736. The van der Waals surface area contributed by atoms with Gasteiger partial charge in [-0.1, -0.05) is 59.6 Å². The first-order valence-corrected chi connectivity index (χ1v) is 7.43. The van der Waals surface area contributed by atoms with Crippen LogP contribution in [-0.4, -0.2) is 26.1 Å². The zero-order valence-corrected chi connectivity index (χ0v) is 13.2. The molecule has 6 nitrogen and oxygen atoms in total. The van der Waals surface area contributed by atoms with Crippen LogP contribution in [0.4, 0.5) is 5.69 Å². The molecule has 0 fully saturated rings. The summed E-state index contributed by atoms with van der Waals surface area (Å²) in [6, 6.07) is 17.9. The summed E-state index contributed by atoms with van der Waals surface area (Å²) in [6.07, 6.45) is 0. The molecule has 0 saturated heterocycles. The van der Waals surface area contributed by atoms with E-state index < -0.39 is 10.2 Å². The number of benzene rings is 2. The molecule has 1 aromatic heterocycles. The van der Waals surface area contributed by atoms with Gasteiger partial charge in [0.2, 0.25) is 5.82 Å². The number of tetrazole rings is 1. The summed E-state index contributed by atoms with van der Waals surface area (Å²) in [5.74, 6) is -0.625. The van der Waals surface area contributed by atoms with Crippen molar-refractivity contribution in [2.75, 3.05) is 5.32 Å². The topological polar surface area (TPSA) is 72.7 Å². The van der Waals surface area contributed by atoms with Gasteiger partial charge in [0.25, 0.3) is 10.2 Å². The van der Waals surface area contributed by atoms with Crippen molar-refractivity contribution in [3.63, 3.8) is 0 Å². The van der Waals surface area contributed by atoms with Crippen molar-refractivity contribution < 1.29 is 4.79 Å². The van der Waals surface area contributed by atoms with Gasteiger partial charge in [-0.2, -0.15) is 4.68 Å². The number of anilines is 1. The number of carbonyl (C=O) groups is 1. The number of amides is 1. The van der Waals surface area contributed by atoms with Crippen molar-refractivity contribution in [3.05, 3.63) is 66.5 Å². The molecule has 116 valence electrons. The maximum atomic E-state index is 12.4. The predicted octanol–water partition coefficient (Wildman–Crippen LogP) is 2.93. The van der Waals surface area contributed by atoms with Gasteiger partial charge < -0.3 is 5.32 Å². The highest BCUT2D eigenvalue weighted by molar-refractivity contribution is 6.58. The van der Waals surface area contributed by atoms with E-state index in [1.54, 1.807) is 36.4 Å². The second-order valence-corrected chi connectivity index (χ2v) is 5.97. The molecule has 0 radical (unpaired) electrons. The first-order valence-electron chi connectivity index (χ1n) is 6.67. The van der Waals surface area contributed by atoms with Gasteiger partial charge in [0.1, 0.15) is 0 Å². The van der Waals surface area contributed by atoms with Gasteiger partial charge in [-0.3, -0.25) is 4.79 Å². The molecule has 0 spiro atoms. The lowest BCUT2D eigenvalue weighted by molar-refractivity contribution is -0.117. The number of hydrogen-bond acceptors (Lipinski definition) is 4. The molecular weight excluding hydrogens is 337 g/mol. The molecule has 0 bridgehead atoms. The summed E-state index contributed by atoms with van der Waals surface area (Å²) >= 11 is 12.5. The number of carbonyl (C=O) groups excluding carboxylic acids is 1. The molecule has 0 aliphatic carbocycles. The molecule has 1 amide bonds. The molecule has 0 aliphatic heterocycles. The first kappa shape index (κ1) is 15.5. The Bertz CT molecular complexity index is 805. The van der Waals surface area contributed by atoms with Crippen LogP contribution in [-0.2, 0) is 9.13 Å². The van der Waals surface area contributed by atoms with E-state index in [1.807, 2.05) is 24.3 Å². The molecule has 2 aromatic carbocycles. The van der Waals surface area contributed by atoms with Crippen molar-refractivity contribution in [1.29, 1.82) is 0 Å². The Labute approximate surface area is 142 Å². The minimum atomic E-state index is -1.95. The van der Waals surface area contributed by atoms with Crippen molar-refractivity contribution in [1.82, 2.24) is 20.2 Å². The number of para-hydroxylation sites is 2. The lowest BCUT2D eigenvalue weighted by Gasteiger charge is -2.18. The Kier molecular flexibility index (Phi) is 4.27. The fourth-order valence-corrected chi connectivity index (χ4v) is 2.29. The van der Waals surface area contributed by atoms with Crippen molar-refractivity contribution in [2.24, 2.45) is 0 Å². The van der Waals surface area contributed by atoms with Crippen LogP contribution in [0.25, 0.3) is 5.69 Å². The summed E-state index contributed by atoms with van der Waals surface area (Å²) in [7, 11) is 0. The van der Waals surface area contributed by atoms with Gasteiger partial charge in [0.15, 0.2) is 0 Å². The number of nitrogens with one attached hydrogen (secondary N) is 1. The molecule has 1 heterocycles. The van der Waals surface area contributed by atoms with E-state index in [2.05, 4.69) is 20.8 Å². The maximum Gasteiger partial charge on any atom is 0.268 e. The molecule has 3 aromatic rings. The maximum absolute atomic E-state index is 12.4. The van der Waals surface area contributed by atoms with Crippen LogP contribution in [0.1, 0.15) is 5.82 Å². The number of aromatic nitrogens is 4. The van der Waals surface area contributed by atoms with Gasteiger partial charge in [0, 0.05) is 5.69 Å². The Morgan fingerprint density at radius 3 is 2.26 bits per heavy atom. The number of rotatable bonds is 4. The number of hydrogen-bond donors (Lipinski definition) is 1. The van der Waals surface area contributed by atoms with Crippen LogP contribution < -0.4 is 5.32 Å². The standard InChI is InChI=1S/C15H11Cl2N5O/c16-15(17,14(23)18-11-7-3-1-4-8-11)13-19-20-21-22(13)12-9-5-2-6-10-12/h1-10H,(H,18,23). The number of nitrogens with zero attached hydrogens (tertiary/aromatic N) is 4. The van der Waals surface area contributed by atoms with E-state index >= 15 is 0 Å². The van der Waals surface area contributed by atoms with E-state index in [0.717, 1.165) is 0 Å². The Morgan fingerprint density at radius 1 is 1.00 bits per heavy atom. The Morgan fingerprint density at radius 2 is 1.61 bits per heavy atom. The third kappa shape index (κ3) is 3.18. The van der Waals surface area contributed by atoms with Gasteiger partial charge in [-0.15, -0.1) is 5.10 Å². The highest BCUT2D eigenvalue weighted by Gasteiger charge is 2.42. The summed E-state index contributed by atoms with van der Waals surface area (Å²) in [6.45, 7) is 0. The molecule has 3 rings (SSSR count). The molecule has 0 unspecified atom stereocenters. The summed E-state index contributed by atoms with van der Waals surface area (Å²) < 4.78 is -0.625. The van der Waals surface area contributed by atoms with E-state index in [-0.39, 0.29) is 5.82 Å². The highest BCUT2D eigenvalue weighted by atomic mass is 35.5. The smallest absolute Gasteiger partial charge is 0.268 e. The van der Waals surface area contributed by atoms with Crippen LogP contribution in [0.2, 0.25) is 0 Å². The number of halogens is 2. The SMILES string of the molecule is O=C(Nc1ccccc1)C(Cl)(Cl)c1nnnn1-c1ccccc1. The largest absolute Gasteiger partial charge is 0.323 e. The third-order valence-corrected chi connectivity index (χ3v) is 3.75. The van der Waals surface area contributed by atoms with Crippen molar-refractivity contribution >= 4 is 34.8 Å². The lowest BCUT2D eigenvalue weighted by Crippen LogP contribution is -2.33. The van der Waals surface area contributed by atoms with Crippen LogP contribution >= 0.6 is 23.2 Å². The number of alkyl halides is 2. The van der Waals surface area contributed by atoms with E-state index in [4.69, 9.17) is 23.2 Å². The van der Waals surface area contributed by atoms with Gasteiger partial charge >= 0.3 is 0 Å². The predicted molar refractivity (Wildman–Crippen MR) is 87.6 cm³/mol. The zero-order chi connectivity index (χ0) is 16.3. The van der Waals surface area contributed by atoms with Crippen LogP contribution in [0.5, 0.6) is 0 Å². The fraction of sp³-hybridized carbons (Fsp3) is 0.0667. The van der Waals surface area contributed by atoms with Gasteiger partial charge in [0.05, 0.1) is 5.69 Å². The second-order valence-electron chi connectivity index (χ2n) is 4.64. The first-order chi connectivity index (χ1) is 11.1. The monoisotopic (exact) mass is 347 g/mol. The molecule has 0 aliphatic rings. The highest BCUT2D eigenvalue weighted by Crippen LogP contribution is 2.34. The van der Waals surface area contributed by atoms with E-state index in [1.165, 1.54) is 4.68 Å². The van der Waals surface area contributed by atoms with Crippen LogP contribution in [0.15, 0.2) is 60.7 Å². The van der Waals surface area contributed by atoms with Crippen molar-refractivity contribution in [3.8, 4) is 5.69 Å². The molecule has 1 N–H and O–H groups in total. The molecule has 0 atom stereocenters. The fourth-order valence-electron chi connectivity index (χ4n) is 1.96. The summed E-state index contributed by atoms with van der Waals surface area (Å²) in [5.41, 5.74) is 1.22. The van der Waals surface area contributed by atoms with Gasteiger partial charge in [-0.25, -0.2) is 0 Å². The average Bonchev–Trinajstić information content (AvgIpc) is 3.07. The molecule has 0 saturated carbocycles. The molecular formula is C15H11Cl2N5O. The van der Waals surface area contributed by atoms with Gasteiger partial charge in [-0.05, 0) is 34.7 Å². The summed E-state index contributed by atoms with van der Waals surface area (Å²) in [4.78, 5) is 12.4. The van der Waals surface area contributed by atoms with E-state index in [0.29, 0.717) is 11.4 Å². The minimum Gasteiger partial charge on any atom is -0.323 e. The zero-order valence-electron chi connectivity index (χ0n) is 11.7. The second kappa shape index (κ2) is 6.36. The Hall–Kier alpha value is -2.44. The normalized spacial score (nSPS) is 11.2. The molecule has 23 heavy (non-hydrogen) atoms. The Balaban J connectivity index is 1.91. The summed E-state index contributed by atoms with van der Waals surface area (Å²) in [5, 5.41) is 13.9. The molecule has 8 heteroatoms. The van der Waals surface area contributed by atoms with Crippen molar-refractivity contribution in [2.45, 2.75) is 4.33 Å².